The number of nitrogens with zero attached hydrogens (tertiary/aromatic N) is 2. The summed E-state index contributed by atoms with van der Waals surface area (Å²) in [6.07, 6.45) is 0. The second kappa shape index (κ2) is 5.12. The number of hydrogen-bond donors (Lipinski definition) is 2. The van der Waals surface area contributed by atoms with E-state index in [2.05, 4.69) is 9.97 Å². The van der Waals surface area contributed by atoms with E-state index in [0.717, 1.165) is 0 Å². The van der Waals surface area contributed by atoms with Gasteiger partial charge in [-0.15, -0.1) is 0 Å². The highest BCUT2D eigenvalue weighted by atomic mass is 35.5. The standard InChI is InChI=1S/C14H8ClN3O4/c15-8-5-6-10(19)11(12(8)18(21)22)13-16-9-4-2-1-3-7(9)14(20)17-13/h1-6,19H,(H,16,17,20). The van der Waals surface area contributed by atoms with Crippen molar-refractivity contribution in [1.29, 1.82) is 0 Å². The third kappa shape index (κ3) is 2.17. The van der Waals surface area contributed by atoms with Gasteiger partial charge in [-0.25, -0.2) is 4.98 Å². The fourth-order valence-electron chi connectivity index (χ4n) is 2.17. The average molecular weight is 318 g/mol. The summed E-state index contributed by atoms with van der Waals surface area (Å²) >= 11 is 5.83. The molecule has 0 atom stereocenters. The normalized spacial score (nSPS) is 10.8. The number of fused-ring (bicyclic) bond motifs is 1. The minimum atomic E-state index is -0.730. The maximum absolute atomic E-state index is 12.1. The van der Waals surface area contributed by atoms with Crippen molar-refractivity contribution in [1.82, 2.24) is 9.97 Å². The Labute approximate surface area is 128 Å². The SMILES string of the molecule is O=c1[nH]c(-c2c(O)ccc(Cl)c2[N+](=O)[O-])nc2ccccc12. The predicted molar refractivity (Wildman–Crippen MR) is 81.1 cm³/mol. The molecule has 0 saturated carbocycles. The maximum atomic E-state index is 12.1. The fraction of sp³-hybridized carbons (Fsp3) is 0. The summed E-state index contributed by atoms with van der Waals surface area (Å²) in [6, 6.07) is 8.96. The molecule has 0 spiro atoms. The first-order chi connectivity index (χ1) is 10.5. The van der Waals surface area contributed by atoms with E-state index in [4.69, 9.17) is 11.6 Å². The smallest absolute Gasteiger partial charge is 0.302 e. The van der Waals surface area contributed by atoms with Crippen LogP contribution in [-0.4, -0.2) is 20.0 Å². The Morgan fingerprint density at radius 1 is 1.23 bits per heavy atom. The second-order valence-electron chi connectivity index (χ2n) is 4.48. The molecule has 0 radical (unpaired) electrons. The van der Waals surface area contributed by atoms with E-state index in [0.29, 0.717) is 10.9 Å². The van der Waals surface area contributed by atoms with Gasteiger partial charge in [0.1, 0.15) is 16.3 Å². The minimum absolute atomic E-state index is 0.115. The van der Waals surface area contributed by atoms with Crippen molar-refractivity contribution in [3.05, 3.63) is 61.9 Å². The van der Waals surface area contributed by atoms with Gasteiger partial charge < -0.3 is 10.1 Å². The van der Waals surface area contributed by atoms with Gasteiger partial charge in [-0.2, -0.15) is 0 Å². The van der Waals surface area contributed by atoms with Crippen LogP contribution in [0.5, 0.6) is 5.75 Å². The zero-order chi connectivity index (χ0) is 15.9. The zero-order valence-corrected chi connectivity index (χ0v) is 11.7. The van der Waals surface area contributed by atoms with Gasteiger partial charge in [-0.1, -0.05) is 23.7 Å². The van der Waals surface area contributed by atoms with Crippen LogP contribution in [0.1, 0.15) is 0 Å². The molecule has 1 aromatic heterocycles. The highest BCUT2D eigenvalue weighted by molar-refractivity contribution is 6.33. The molecule has 7 nitrogen and oxygen atoms in total. The number of nitrogens with one attached hydrogen (secondary N) is 1. The van der Waals surface area contributed by atoms with E-state index < -0.39 is 21.9 Å². The molecule has 3 rings (SSSR count). The summed E-state index contributed by atoms with van der Waals surface area (Å²) in [6.45, 7) is 0. The highest BCUT2D eigenvalue weighted by Crippen LogP contribution is 2.40. The summed E-state index contributed by atoms with van der Waals surface area (Å²) in [5, 5.41) is 21.3. The second-order valence-corrected chi connectivity index (χ2v) is 4.89. The van der Waals surface area contributed by atoms with Crippen LogP contribution in [0, 0.1) is 10.1 Å². The van der Waals surface area contributed by atoms with Crippen LogP contribution in [0.15, 0.2) is 41.2 Å². The maximum Gasteiger partial charge on any atom is 0.302 e. The van der Waals surface area contributed by atoms with Crippen molar-refractivity contribution in [3.63, 3.8) is 0 Å². The van der Waals surface area contributed by atoms with Crippen molar-refractivity contribution < 1.29 is 10.0 Å². The Morgan fingerprint density at radius 3 is 2.68 bits per heavy atom. The lowest BCUT2D eigenvalue weighted by atomic mass is 10.1. The molecule has 0 bridgehead atoms. The molecule has 0 aliphatic carbocycles. The number of nitro groups is 1. The number of aromatic nitrogens is 2. The van der Waals surface area contributed by atoms with Crippen LogP contribution in [-0.2, 0) is 0 Å². The third-order valence-corrected chi connectivity index (χ3v) is 3.44. The van der Waals surface area contributed by atoms with Gasteiger partial charge in [-0.3, -0.25) is 14.9 Å². The van der Waals surface area contributed by atoms with Crippen LogP contribution in [0.25, 0.3) is 22.3 Å². The first kappa shape index (κ1) is 14.0. The quantitative estimate of drug-likeness (QED) is 0.558. The molecule has 1 heterocycles. The van der Waals surface area contributed by atoms with E-state index >= 15 is 0 Å². The number of phenolic OH excluding ortho intramolecular Hbond substituents is 1. The molecule has 22 heavy (non-hydrogen) atoms. The molecule has 0 unspecified atom stereocenters. The molecule has 0 aliphatic rings. The van der Waals surface area contributed by atoms with Crippen LogP contribution in [0.2, 0.25) is 5.02 Å². The number of para-hydroxylation sites is 1. The summed E-state index contributed by atoms with van der Waals surface area (Å²) in [5.41, 5.74) is -0.843. The molecular formula is C14H8ClN3O4. The lowest BCUT2D eigenvalue weighted by Gasteiger charge is -2.07. The Kier molecular flexibility index (Phi) is 3.26. The monoisotopic (exact) mass is 317 g/mol. The van der Waals surface area contributed by atoms with Crippen molar-refractivity contribution in [3.8, 4) is 17.1 Å². The number of aromatic amines is 1. The van der Waals surface area contributed by atoms with Crippen molar-refractivity contribution in [2.75, 3.05) is 0 Å². The molecule has 2 N–H and O–H groups in total. The lowest BCUT2D eigenvalue weighted by Crippen LogP contribution is -2.10. The van der Waals surface area contributed by atoms with Crippen LogP contribution in [0.3, 0.4) is 0 Å². The van der Waals surface area contributed by atoms with Crippen molar-refractivity contribution >= 4 is 28.2 Å². The molecule has 110 valence electrons. The van der Waals surface area contributed by atoms with Gasteiger partial charge in [0.25, 0.3) is 5.56 Å². The Bertz CT molecular complexity index is 968. The Morgan fingerprint density at radius 2 is 1.95 bits per heavy atom. The zero-order valence-electron chi connectivity index (χ0n) is 10.9. The topological polar surface area (TPSA) is 109 Å². The highest BCUT2D eigenvalue weighted by Gasteiger charge is 2.25. The van der Waals surface area contributed by atoms with Crippen molar-refractivity contribution in [2.45, 2.75) is 0 Å². The number of halogens is 1. The van der Waals surface area contributed by atoms with E-state index in [1.807, 2.05) is 0 Å². The van der Waals surface area contributed by atoms with Gasteiger partial charge in [0.05, 0.1) is 15.8 Å². The van der Waals surface area contributed by atoms with Gasteiger partial charge in [0.2, 0.25) is 0 Å². The molecule has 0 aliphatic heterocycles. The third-order valence-electron chi connectivity index (χ3n) is 3.14. The first-order valence-corrected chi connectivity index (χ1v) is 6.52. The van der Waals surface area contributed by atoms with E-state index in [-0.39, 0.29) is 16.4 Å². The lowest BCUT2D eigenvalue weighted by molar-refractivity contribution is -0.384. The largest absolute Gasteiger partial charge is 0.507 e. The Balaban J connectivity index is 2.40. The Hall–Kier alpha value is -2.93. The molecule has 8 heteroatoms. The predicted octanol–water partition coefficient (Wildman–Crippen LogP) is 2.86. The number of benzene rings is 2. The number of nitro benzene ring substituents is 1. The minimum Gasteiger partial charge on any atom is -0.507 e. The van der Waals surface area contributed by atoms with Gasteiger partial charge in [-0.05, 0) is 24.3 Å². The van der Waals surface area contributed by atoms with Gasteiger partial charge in [0.15, 0.2) is 5.82 Å². The summed E-state index contributed by atoms with van der Waals surface area (Å²) < 4.78 is 0. The molecule has 0 saturated heterocycles. The molecular weight excluding hydrogens is 310 g/mol. The number of H-pyrrole nitrogens is 1. The van der Waals surface area contributed by atoms with E-state index in [1.54, 1.807) is 24.3 Å². The van der Waals surface area contributed by atoms with E-state index in [1.165, 1.54) is 12.1 Å². The average Bonchev–Trinajstić information content (AvgIpc) is 2.49. The van der Waals surface area contributed by atoms with Crippen LogP contribution < -0.4 is 5.56 Å². The first-order valence-electron chi connectivity index (χ1n) is 6.14. The van der Waals surface area contributed by atoms with Gasteiger partial charge >= 0.3 is 5.69 Å². The molecule has 0 amide bonds. The number of phenols is 1. The fourth-order valence-corrected chi connectivity index (χ4v) is 2.40. The molecule has 0 fully saturated rings. The number of aromatic hydroxyl groups is 1. The molecule has 3 aromatic rings. The molecule has 2 aromatic carbocycles. The van der Waals surface area contributed by atoms with Crippen LogP contribution >= 0.6 is 11.6 Å². The van der Waals surface area contributed by atoms with Crippen LogP contribution in [0.4, 0.5) is 5.69 Å². The summed E-state index contributed by atoms with van der Waals surface area (Å²) in [5.74, 6) is -0.509. The van der Waals surface area contributed by atoms with Crippen molar-refractivity contribution in [2.24, 2.45) is 0 Å². The number of rotatable bonds is 2. The number of hydrogen-bond acceptors (Lipinski definition) is 5. The summed E-state index contributed by atoms with van der Waals surface area (Å²) in [7, 11) is 0. The van der Waals surface area contributed by atoms with Gasteiger partial charge in [0, 0.05) is 0 Å². The van der Waals surface area contributed by atoms with E-state index in [9.17, 15) is 20.0 Å². The summed E-state index contributed by atoms with van der Waals surface area (Å²) in [4.78, 5) is 29.2.